The molecule has 0 aliphatic heterocycles. The summed E-state index contributed by atoms with van der Waals surface area (Å²) in [7, 11) is 0. The zero-order valence-electron chi connectivity index (χ0n) is 11.1. The highest BCUT2D eigenvalue weighted by molar-refractivity contribution is 7.14. The van der Waals surface area contributed by atoms with Crippen molar-refractivity contribution in [2.24, 2.45) is 0 Å². The van der Waals surface area contributed by atoms with E-state index in [0.29, 0.717) is 15.2 Å². The summed E-state index contributed by atoms with van der Waals surface area (Å²) in [5.41, 5.74) is 1.95. The molecule has 4 nitrogen and oxygen atoms in total. The first-order chi connectivity index (χ1) is 10.6. The van der Waals surface area contributed by atoms with Gasteiger partial charge in [-0.3, -0.25) is 15.1 Å². The van der Waals surface area contributed by atoms with Gasteiger partial charge in [0.25, 0.3) is 5.91 Å². The van der Waals surface area contributed by atoms with E-state index in [4.69, 9.17) is 23.2 Å². The number of hydrogen-bond acceptors (Lipinski definition) is 4. The lowest BCUT2D eigenvalue weighted by Gasteiger charge is -2.01. The molecule has 1 aromatic carbocycles. The fraction of sp³-hybridized carbons (Fsp3) is 0. The molecule has 0 aliphatic rings. The van der Waals surface area contributed by atoms with Crippen molar-refractivity contribution in [3.63, 3.8) is 0 Å². The van der Waals surface area contributed by atoms with Crippen LogP contribution in [-0.2, 0) is 0 Å². The summed E-state index contributed by atoms with van der Waals surface area (Å²) in [5.74, 6) is -0.348. The number of nitrogens with zero attached hydrogens (tertiary/aromatic N) is 2. The van der Waals surface area contributed by atoms with E-state index in [-0.39, 0.29) is 11.6 Å². The van der Waals surface area contributed by atoms with Gasteiger partial charge in [0, 0.05) is 27.2 Å². The summed E-state index contributed by atoms with van der Waals surface area (Å²) in [6.45, 7) is 0. The second-order valence-electron chi connectivity index (χ2n) is 4.36. The quantitative estimate of drug-likeness (QED) is 0.741. The number of pyridine rings is 1. The van der Waals surface area contributed by atoms with Gasteiger partial charge in [-0.1, -0.05) is 35.3 Å². The SMILES string of the molecule is O=C(Nc1nc(-c2ccc(Cl)cc2)cs1)c1cc(Cl)ccn1. The minimum atomic E-state index is -0.348. The Morgan fingerprint density at radius 1 is 1.09 bits per heavy atom. The third kappa shape index (κ3) is 3.44. The summed E-state index contributed by atoms with van der Waals surface area (Å²) in [4.78, 5) is 20.4. The molecule has 0 saturated carbocycles. The Morgan fingerprint density at radius 2 is 1.86 bits per heavy atom. The normalized spacial score (nSPS) is 10.5. The maximum absolute atomic E-state index is 12.1. The van der Waals surface area contributed by atoms with E-state index in [1.807, 2.05) is 17.5 Å². The van der Waals surface area contributed by atoms with E-state index in [1.165, 1.54) is 23.6 Å². The fourth-order valence-electron chi connectivity index (χ4n) is 1.77. The molecule has 0 saturated heterocycles. The molecule has 0 aliphatic carbocycles. The molecule has 0 bridgehead atoms. The average molecular weight is 350 g/mol. The van der Waals surface area contributed by atoms with Crippen LogP contribution in [0.4, 0.5) is 5.13 Å². The van der Waals surface area contributed by atoms with Crippen LogP contribution in [0.25, 0.3) is 11.3 Å². The van der Waals surface area contributed by atoms with Gasteiger partial charge in [0.15, 0.2) is 5.13 Å². The molecule has 0 radical (unpaired) electrons. The number of rotatable bonds is 3. The van der Waals surface area contributed by atoms with Crippen molar-refractivity contribution in [2.45, 2.75) is 0 Å². The summed E-state index contributed by atoms with van der Waals surface area (Å²) < 4.78 is 0. The molecule has 0 unspecified atom stereocenters. The van der Waals surface area contributed by atoms with Crippen molar-refractivity contribution in [1.82, 2.24) is 9.97 Å². The molecule has 1 amide bonds. The molecule has 0 atom stereocenters. The number of aromatic nitrogens is 2. The number of carbonyl (C=O) groups excluding carboxylic acids is 1. The van der Waals surface area contributed by atoms with Gasteiger partial charge < -0.3 is 0 Å². The van der Waals surface area contributed by atoms with Crippen molar-refractivity contribution in [3.05, 3.63) is 63.7 Å². The Hall–Kier alpha value is -1.95. The highest BCUT2D eigenvalue weighted by atomic mass is 35.5. The Balaban J connectivity index is 1.77. The minimum Gasteiger partial charge on any atom is -0.296 e. The van der Waals surface area contributed by atoms with Crippen molar-refractivity contribution in [3.8, 4) is 11.3 Å². The van der Waals surface area contributed by atoms with Crippen LogP contribution < -0.4 is 5.32 Å². The molecular formula is C15H9Cl2N3OS. The first kappa shape index (κ1) is 15.0. The predicted octanol–water partition coefficient (Wildman–Crippen LogP) is 4.76. The third-order valence-electron chi connectivity index (χ3n) is 2.82. The first-order valence-corrected chi connectivity index (χ1v) is 7.90. The van der Waals surface area contributed by atoms with Gasteiger partial charge in [0.1, 0.15) is 5.69 Å². The number of benzene rings is 1. The molecule has 3 aromatic rings. The van der Waals surface area contributed by atoms with Gasteiger partial charge in [-0.25, -0.2) is 4.98 Å². The molecule has 1 N–H and O–H groups in total. The highest BCUT2D eigenvalue weighted by Crippen LogP contribution is 2.26. The summed E-state index contributed by atoms with van der Waals surface area (Å²) in [5, 5.41) is 6.20. The lowest BCUT2D eigenvalue weighted by Crippen LogP contribution is -2.13. The van der Waals surface area contributed by atoms with Crippen molar-refractivity contribution >= 4 is 45.6 Å². The van der Waals surface area contributed by atoms with Crippen molar-refractivity contribution in [1.29, 1.82) is 0 Å². The van der Waals surface area contributed by atoms with Crippen molar-refractivity contribution in [2.75, 3.05) is 5.32 Å². The van der Waals surface area contributed by atoms with Crippen LogP contribution >= 0.6 is 34.5 Å². The Morgan fingerprint density at radius 3 is 2.59 bits per heavy atom. The molecule has 2 aromatic heterocycles. The smallest absolute Gasteiger partial charge is 0.276 e. The van der Waals surface area contributed by atoms with E-state index in [9.17, 15) is 4.79 Å². The zero-order chi connectivity index (χ0) is 15.5. The van der Waals surface area contributed by atoms with E-state index in [2.05, 4.69) is 15.3 Å². The van der Waals surface area contributed by atoms with Crippen molar-refractivity contribution < 1.29 is 4.79 Å². The first-order valence-electron chi connectivity index (χ1n) is 6.26. The van der Waals surface area contributed by atoms with Crippen LogP contribution in [0.2, 0.25) is 10.0 Å². The van der Waals surface area contributed by atoms with E-state index in [1.54, 1.807) is 18.2 Å². The number of nitrogens with one attached hydrogen (secondary N) is 1. The van der Waals surface area contributed by atoms with Gasteiger partial charge in [0.2, 0.25) is 0 Å². The van der Waals surface area contributed by atoms with Gasteiger partial charge in [0.05, 0.1) is 5.69 Å². The highest BCUT2D eigenvalue weighted by Gasteiger charge is 2.11. The Kier molecular flexibility index (Phi) is 4.38. The summed E-state index contributed by atoms with van der Waals surface area (Å²) in [6.07, 6.45) is 1.48. The molecule has 3 rings (SSSR count). The topological polar surface area (TPSA) is 54.9 Å². The van der Waals surface area contributed by atoms with Crippen LogP contribution in [0, 0.1) is 0 Å². The van der Waals surface area contributed by atoms with Crippen LogP contribution in [0.5, 0.6) is 0 Å². The Bertz CT molecular complexity index is 818. The number of hydrogen-bond donors (Lipinski definition) is 1. The number of anilines is 1. The lowest BCUT2D eigenvalue weighted by atomic mass is 10.2. The maximum atomic E-state index is 12.1. The van der Waals surface area contributed by atoms with Crippen LogP contribution in [0.3, 0.4) is 0 Å². The fourth-order valence-corrected chi connectivity index (χ4v) is 2.77. The van der Waals surface area contributed by atoms with Crippen LogP contribution in [0.15, 0.2) is 48.0 Å². The molecule has 110 valence electrons. The largest absolute Gasteiger partial charge is 0.296 e. The van der Waals surface area contributed by atoms with Gasteiger partial charge >= 0.3 is 0 Å². The molecule has 0 fully saturated rings. The molecule has 0 spiro atoms. The standard InChI is InChI=1S/C15H9Cl2N3OS/c16-10-3-1-9(2-4-10)13-8-22-15(19-13)20-14(21)12-7-11(17)5-6-18-12/h1-8H,(H,19,20,21). The number of carbonyl (C=O) groups is 1. The van der Waals surface area contributed by atoms with Gasteiger partial charge in [-0.05, 0) is 24.3 Å². The molecule has 22 heavy (non-hydrogen) atoms. The third-order valence-corrected chi connectivity index (χ3v) is 4.06. The maximum Gasteiger partial charge on any atom is 0.276 e. The minimum absolute atomic E-state index is 0.246. The van der Waals surface area contributed by atoms with Crippen LogP contribution in [0.1, 0.15) is 10.5 Å². The summed E-state index contributed by atoms with van der Waals surface area (Å²) in [6, 6.07) is 10.5. The summed E-state index contributed by atoms with van der Waals surface area (Å²) >= 11 is 13.0. The lowest BCUT2D eigenvalue weighted by molar-refractivity contribution is 0.102. The van der Waals surface area contributed by atoms with Gasteiger partial charge in [-0.2, -0.15) is 0 Å². The monoisotopic (exact) mass is 349 g/mol. The number of thiazole rings is 1. The Labute approximate surface area is 140 Å². The molecular weight excluding hydrogens is 341 g/mol. The predicted molar refractivity (Wildman–Crippen MR) is 89.8 cm³/mol. The number of amides is 1. The van der Waals surface area contributed by atoms with E-state index >= 15 is 0 Å². The van der Waals surface area contributed by atoms with E-state index < -0.39 is 0 Å². The average Bonchev–Trinajstić information content (AvgIpc) is 2.96. The second kappa shape index (κ2) is 6.44. The number of halogens is 2. The molecule has 7 heteroatoms. The van der Waals surface area contributed by atoms with E-state index in [0.717, 1.165) is 11.3 Å². The molecule has 2 heterocycles. The van der Waals surface area contributed by atoms with Crippen LogP contribution in [-0.4, -0.2) is 15.9 Å². The zero-order valence-corrected chi connectivity index (χ0v) is 13.4. The second-order valence-corrected chi connectivity index (χ2v) is 6.09. The van der Waals surface area contributed by atoms with Gasteiger partial charge in [-0.15, -0.1) is 11.3 Å².